The van der Waals surface area contributed by atoms with Gasteiger partial charge in [-0.3, -0.25) is 0 Å². The molecule has 1 fully saturated rings. The van der Waals surface area contributed by atoms with Gasteiger partial charge in [-0.15, -0.1) is 0 Å². The number of rotatable bonds is 5. The summed E-state index contributed by atoms with van der Waals surface area (Å²) in [5, 5.41) is 0.138. The summed E-state index contributed by atoms with van der Waals surface area (Å²) >= 11 is 0. The summed E-state index contributed by atoms with van der Waals surface area (Å²) < 4.78 is 28.4. The van der Waals surface area contributed by atoms with Crippen LogP contribution in [-0.4, -0.2) is 41.9 Å². The molecule has 1 atom stereocenters. The maximum absolute atomic E-state index is 12.5. The first-order chi connectivity index (χ1) is 9.27. The fraction of sp³-hybridized carbons (Fsp3) is 0.769. The molecule has 1 aromatic rings. The summed E-state index contributed by atoms with van der Waals surface area (Å²) in [7, 11) is -3.49. The number of nitrogens with two attached hydrogens (primary N) is 1. The summed E-state index contributed by atoms with van der Waals surface area (Å²) in [6.45, 7) is 8.46. The largest absolute Gasteiger partial charge is 0.336 e. The molecule has 1 aliphatic rings. The molecule has 2 heterocycles. The zero-order chi connectivity index (χ0) is 15.0. The Morgan fingerprint density at radius 1 is 1.50 bits per heavy atom. The lowest BCUT2D eigenvalue weighted by atomic mass is 9.90. The monoisotopic (exact) mass is 300 g/mol. The van der Waals surface area contributed by atoms with E-state index in [0.717, 1.165) is 13.0 Å². The minimum absolute atomic E-state index is 0.117. The molecule has 0 spiro atoms. The maximum atomic E-state index is 12.5. The number of hydrogen-bond donors (Lipinski definition) is 1. The van der Waals surface area contributed by atoms with Crippen molar-refractivity contribution >= 4 is 10.0 Å². The summed E-state index contributed by atoms with van der Waals surface area (Å²) in [4.78, 5) is 4.06. The van der Waals surface area contributed by atoms with Gasteiger partial charge in [-0.1, -0.05) is 20.8 Å². The van der Waals surface area contributed by atoms with Crippen molar-refractivity contribution in [1.29, 1.82) is 0 Å². The number of hydrogen-bond acceptors (Lipinski definition) is 4. The highest BCUT2D eigenvalue weighted by molar-refractivity contribution is 7.89. The molecule has 1 aromatic heterocycles. The van der Waals surface area contributed by atoms with Gasteiger partial charge in [0.25, 0.3) is 10.0 Å². The number of sulfonamides is 1. The average molecular weight is 300 g/mol. The zero-order valence-corrected chi connectivity index (χ0v) is 13.2. The van der Waals surface area contributed by atoms with E-state index in [1.807, 2.05) is 11.5 Å². The molecular weight excluding hydrogens is 276 g/mol. The lowest BCUT2D eigenvalue weighted by molar-refractivity contribution is 0.349. The lowest BCUT2D eigenvalue weighted by Crippen LogP contribution is -2.34. The van der Waals surface area contributed by atoms with Crippen LogP contribution in [0.1, 0.15) is 27.2 Å². The third-order valence-corrected chi connectivity index (χ3v) is 5.54. The molecule has 0 aromatic carbocycles. The van der Waals surface area contributed by atoms with Gasteiger partial charge in [0, 0.05) is 25.8 Å². The third-order valence-electron chi connectivity index (χ3n) is 3.81. The van der Waals surface area contributed by atoms with Crippen molar-refractivity contribution in [3.63, 3.8) is 0 Å². The Balaban J connectivity index is 2.17. The van der Waals surface area contributed by atoms with E-state index in [1.54, 1.807) is 12.5 Å². The summed E-state index contributed by atoms with van der Waals surface area (Å²) in [5.41, 5.74) is 5.61. The number of aromatic nitrogens is 2. The average Bonchev–Trinajstić information content (AvgIpc) is 2.97. The highest BCUT2D eigenvalue weighted by Gasteiger charge is 2.39. The predicted octanol–water partition coefficient (Wildman–Crippen LogP) is 0.899. The molecule has 0 saturated carbocycles. The molecule has 1 aliphatic heterocycles. The first kappa shape index (κ1) is 15.5. The van der Waals surface area contributed by atoms with Crippen molar-refractivity contribution in [2.75, 3.05) is 19.6 Å². The summed E-state index contributed by atoms with van der Waals surface area (Å²) in [5.74, 6) is 0.451. The molecule has 7 heteroatoms. The number of imidazole rings is 1. The first-order valence-corrected chi connectivity index (χ1v) is 8.43. The fourth-order valence-corrected chi connectivity index (χ4v) is 4.00. The third kappa shape index (κ3) is 3.05. The van der Waals surface area contributed by atoms with E-state index in [2.05, 4.69) is 18.8 Å². The Morgan fingerprint density at radius 3 is 2.75 bits per heavy atom. The first-order valence-electron chi connectivity index (χ1n) is 6.99. The molecule has 2 N–H and O–H groups in total. The molecule has 1 saturated heterocycles. The van der Waals surface area contributed by atoms with Crippen LogP contribution in [0.4, 0.5) is 0 Å². The van der Waals surface area contributed by atoms with Crippen molar-refractivity contribution in [2.45, 2.75) is 38.8 Å². The Morgan fingerprint density at radius 2 is 2.20 bits per heavy atom. The van der Waals surface area contributed by atoms with Crippen molar-refractivity contribution in [1.82, 2.24) is 13.9 Å². The minimum Gasteiger partial charge on any atom is -0.336 e. The van der Waals surface area contributed by atoms with Gasteiger partial charge in [-0.25, -0.2) is 13.4 Å². The van der Waals surface area contributed by atoms with Gasteiger partial charge < -0.3 is 10.3 Å². The highest BCUT2D eigenvalue weighted by atomic mass is 32.2. The molecule has 0 radical (unpaired) electrons. The molecule has 20 heavy (non-hydrogen) atoms. The molecule has 0 amide bonds. The second kappa shape index (κ2) is 5.46. The van der Waals surface area contributed by atoms with Gasteiger partial charge in [0.1, 0.15) is 0 Å². The van der Waals surface area contributed by atoms with E-state index in [9.17, 15) is 8.42 Å². The second-order valence-electron chi connectivity index (χ2n) is 6.41. The van der Waals surface area contributed by atoms with Gasteiger partial charge in [0.15, 0.2) is 5.03 Å². The second-order valence-corrected chi connectivity index (χ2v) is 8.29. The molecule has 1 unspecified atom stereocenters. The van der Waals surface area contributed by atoms with Crippen molar-refractivity contribution in [3.05, 3.63) is 12.5 Å². The van der Waals surface area contributed by atoms with Gasteiger partial charge in [-0.2, -0.15) is 4.31 Å². The van der Waals surface area contributed by atoms with Crippen LogP contribution in [0.15, 0.2) is 17.6 Å². The predicted molar refractivity (Wildman–Crippen MR) is 77.6 cm³/mol. The van der Waals surface area contributed by atoms with Crippen LogP contribution in [0.5, 0.6) is 0 Å². The van der Waals surface area contributed by atoms with Crippen LogP contribution in [0.2, 0.25) is 0 Å². The summed E-state index contributed by atoms with van der Waals surface area (Å²) in [6, 6.07) is 0. The van der Waals surface area contributed by atoms with Crippen LogP contribution in [0.3, 0.4) is 0 Å². The number of nitrogens with zero attached hydrogens (tertiary/aromatic N) is 3. The van der Waals surface area contributed by atoms with Crippen molar-refractivity contribution in [2.24, 2.45) is 17.1 Å². The van der Waals surface area contributed by atoms with Gasteiger partial charge in [0.05, 0.1) is 6.33 Å². The quantitative estimate of drug-likeness (QED) is 0.876. The smallest absolute Gasteiger partial charge is 0.262 e. The molecule has 6 nitrogen and oxygen atoms in total. The van der Waals surface area contributed by atoms with Crippen LogP contribution in [-0.2, 0) is 16.6 Å². The molecule has 114 valence electrons. The van der Waals surface area contributed by atoms with Crippen LogP contribution < -0.4 is 5.73 Å². The Labute approximate surface area is 121 Å². The van der Waals surface area contributed by atoms with Gasteiger partial charge >= 0.3 is 0 Å². The molecular formula is C13H24N4O2S. The normalized spacial score (nSPS) is 24.6. The fourth-order valence-electron chi connectivity index (χ4n) is 2.48. The van der Waals surface area contributed by atoms with Crippen LogP contribution >= 0.6 is 0 Å². The van der Waals surface area contributed by atoms with E-state index in [-0.39, 0.29) is 10.4 Å². The van der Waals surface area contributed by atoms with E-state index in [4.69, 9.17) is 5.73 Å². The topological polar surface area (TPSA) is 81.2 Å². The van der Waals surface area contributed by atoms with E-state index in [0.29, 0.717) is 25.6 Å². The minimum atomic E-state index is -3.49. The zero-order valence-electron chi connectivity index (χ0n) is 12.4. The van der Waals surface area contributed by atoms with Crippen molar-refractivity contribution < 1.29 is 8.42 Å². The Kier molecular flexibility index (Phi) is 4.22. The molecule has 0 bridgehead atoms. The van der Waals surface area contributed by atoms with Gasteiger partial charge in [0.2, 0.25) is 0 Å². The SMILES string of the molecule is CC(C)Cn1cnc(S(=O)(=O)N2CCC(C)(CN)C2)c1. The Hall–Kier alpha value is -0.920. The maximum Gasteiger partial charge on any atom is 0.262 e. The van der Waals surface area contributed by atoms with Crippen molar-refractivity contribution in [3.8, 4) is 0 Å². The highest BCUT2D eigenvalue weighted by Crippen LogP contribution is 2.32. The molecule has 0 aliphatic carbocycles. The van der Waals surface area contributed by atoms with E-state index >= 15 is 0 Å². The Bertz CT molecular complexity index is 567. The summed E-state index contributed by atoms with van der Waals surface area (Å²) in [6.07, 6.45) is 4.01. The molecule has 2 rings (SSSR count). The standard InChI is InChI=1S/C13H24N4O2S/c1-11(2)6-16-7-12(15-10-16)20(18,19)17-5-4-13(3,8-14)9-17/h7,10-11H,4-6,8-9,14H2,1-3H3. The van der Waals surface area contributed by atoms with Crippen LogP contribution in [0, 0.1) is 11.3 Å². The lowest BCUT2D eigenvalue weighted by Gasteiger charge is -2.21. The van der Waals surface area contributed by atoms with E-state index in [1.165, 1.54) is 4.31 Å². The van der Waals surface area contributed by atoms with Gasteiger partial charge in [-0.05, 0) is 24.3 Å². The van der Waals surface area contributed by atoms with E-state index < -0.39 is 10.0 Å². The van der Waals surface area contributed by atoms with Crippen LogP contribution in [0.25, 0.3) is 0 Å².